The minimum Gasteiger partial charge on any atom is -0.481 e. The summed E-state index contributed by atoms with van der Waals surface area (Å²) in [5, 5.41) is 8.78. The molecule has 104 valence electrons. The van der Waals surface area contributed by atoms with E-state index in [9.17, 15) is 4.79 Å². The maximum atomic E-state index is 10.7. The van der Waals surface area contributed by atoms with Crippen molar-refractivity contribution in [2.24, 2.45) is 0 Å². The highest BCUT2D eigenvalue weighted by Gasteiger charge is 2.22. The predicted octanol–water partition coefficient (Wildman–Crippen LogP) is 3.45. The molecule has 18 heavy (non-hydrogen) atoms. The van der Waals surface area contributed by atoms with Gasteiger partial charge < -0.3 is 10.0 Å². The van der Waals surface area contributed by atoms with Gasteiger partial charge in [-0.05, 0) is 51.6 Å². The second-order valence-electron chi connectivity index (χ2n) is 5.26. The molecule has 0 bridgehead atoms. The first-order valence-corrected chi connectivity index (χ1v) is 7.30. The molecule has 0 aromatic rings. The predicted molar refractivity (Wildman–Crippen MR) is 74.7 cm³/mol. The third kappa shape index (κ3) is 6.20. The van der Waals surface area contributed by atoms with Gasteiger partial charge in [0.2, 0.25) is 0 Å². The molecule has 0 amide bonds. The van der Waals surface area contributed by atoms with Gasteiger partial charge in [0.05, 0.1) is 0 Å². The van der Waals surface area contributed by atoms with Gasteiger partial charge in [0.1, 0.15) is 0 Å². The molecule has 1 atom stereocenters. The Morgan fingerprint density at radius 2 is 2.17 bits per heavy atom. The van der Waals surface area contributed by atoms with Crippen LogP contribution < -0.4 is 0 Å². The van der Waals surface area contributed by atoms with Crippen LogP contribution in [-0.2, 0) is 4.79 Å². The molecule has 0 aliphatic carbocycles. The average Bonchev–Trinajstić information content (AvgIpc) is 2.37. The van der Waals surface area contributed by atoms with Crippen LogP contribution >= 0.6 is 0 Å². The first-order valence-electron chi connectivity index (χ1n) is 7.30. The summed E-state index contributed by atoms with van der Waals surface area (Å²) in [6.07, 6.45) is 11.7. The molecule has 1 N–H and O–H groups in total. The minimum absolute atomic E-state index is 0.317. The summed E-state index contributed by atoms with van der Waals surface area (Å²) in [5.41, 5.74) is 0. The first kappa shape index (κ1) is 15.2. The molecule has 0 aromatic carbocycles. The van der Waals surface area contributed by atoms with Gasteiger partial charge in [-0.1, -0.05) is 18.9 Å². The van der Waals surface area contributed by atoms with Crippen molar-refractivity contribution in [2.45, 2.75) is 63.8 Å². The summed E-state index contributed by atoms with van der Waals surface area (Å²) >= 11 is 0. The number of carboxylic acid groups (broad SMARTS) is 1. The Morgan fingerprint density at radius 3 is 2.89 bits per heavy atom. The molecule has 1 saturated heterocycles. The van der Waals surface area contributed by atoms with E-state index < -0.39 is 5.97 Å². The molecular weight excluding hydrogens is 226 g/mol. The molecule has 1 aliphatic heterocycles. The molecule has 3 heteroatoms. The number of piperidine rings is 1. The molecule has 1 rings (SSSR count). The highest BCUT2D eigenvalue weighted by molar-refractivity contribution is 5.66. The van der Waals surface area contributed by atoms with Crippen LogP contribution in [0.4, 0.5) is 0 Å². The zero-order valence-corrected chi connectivity index (χ0v) is 11.4. The van der Waals surface area contributed by atoms with Gasteiger partial charge in [0, 0.05) is 12.5 Å². The fourth-order valence-corrected chi connectivity index (χ4v) is 2.75. The second-order valence-corrected chi connectivity index (χ2v) is 5.26. The van der Waals surface area contributed by atoms with Crippen molar-refractivity contribution in [3.8, 4) is 0 Å². The smallest absolute Gasteiger partial charge is 0.303 e. The van der Waals surface area contributed by atoms with E-state index in [2.05, 4.69) is 11.5 Å². The largest absolute Gasteiger partial charge is 0.481 e. The van der Waals surface area contributed by atoms with E-state index in [1.165, 1.54) is 38.5 Å². The number of hydrogen-bond donors (Lipinski definition) is 1. The normalized spacial score (nSPS) is 20.8. The lowest BCUT2D eigenvalue weighted by atomic mass is 9.97. The van der Waals surface area contributed by atoms with Gasteiger partial charge in [0.15, 0.2) is 0 Å². The molecule has 1 fully saturated rings. The van der Waals surface area contributed by atoms with Crippen molar-refractivity contribution in [1.29, 1.82) is 0 Å². The summed E-state index contributed by atoms with van der Waals surface area (Å²) in [5.74, 6) is -0.661. The molecule has 0 saturated carbocycles. The number of hydrogen-bond acceptors (Lipinski definition) is 2. The minimum atomic E-state index is -0.661. The van der Waals surface area contributed by atoms with Crippen molar-refractivity contribution < 1.29 is 9.90 Å². The van der Waals surface area contributed by atoms with Gasteiger partial charge in [-0.2, -0.15) is 0 Å². The van der Waals surface area contributed by atoms with E-state index in [0.717, 1.165) is 25.9 Å². The fourth-order valence-electron chi connectivity index (χ4n) is 2.75. The Kier molecular flexibility index (Phi) is 7.74. The van der Waals surface area contributed by atoms with Gasteiger partial charge in [-0.15, -0.1) is 6.58 Å². The van der Waals surface area contributed by atoms with Gasteiger partial charge in [-0.3, -0.25) is 4.79 Å². The maximum absolute atomic E-state index is 10.7. The Morgan fingerprint density at radius 1 is 1.33 bits per heavy atom. The second kappa shape index (κ2) is 9.15. The highest BCUT2D eigenvalue weighted by Crippen LogP contribution is 2.21. The Labute approximate surface area is 111 Å². The lowest BCUT2D eigenvalue weighted by molar-refractivity contribution is -0.137. The fraction of sp³-hybridized carbons (Fsp3) is 0.800. The third-order valence-corrected chi connectivity index (χ3v) is 3.79. The Balaban J connectivity index is 2.21. The topological polar surface area (TPSA) is 40.5 Å². The Hall–Kier alpha value is -0.830. The number of carboxylic acids is 1. The molecule has 3 nitrogen and oxygen atoms in total. The van der Waals surface area contributed by atoms with Crippen LogP contribution in [0, 0.1) is 0 Å². The zero-order valence-electron chi connectivity index (χ0n) is 11.4. The van der Waals surface area contributed by atoms with Crippen molar-refractivity contribution in [2.75, 3.05) is 13.1 Å². The van der Waals surface area contributed by atoms with Crippen LogP contribution in [0.2, 0.25) is 0 Å². The molecular formula is C15H27NO2. The quantitative estimate of drug-likeness (QED) is 0.505. The number of nitrogens with zero attached hydrogens (tertiary/aromatic N) is 1. The summed E-state index contributed by atoms with van der Waals surface area (Å²) in [4.78, 5) is 13.2. The molecule has 0 spiro atoms. The molecule has 0 aromatic heterocycles. The number of carbonyl (C=O) groups is 1. The van der Waals surface area contributed by atoms with Gasteiger partial charge >= 0.3 is 5.97 Å². The van der Waals surface area contributed by atoms with Crippen LogP contribution in [0.1, 0.15) is 57.8 Å². The SMILES string of the molecule is C=CCCCCCN1CCCCC1CCC(=O)O. The third-order valence-electron chi connectivity index (χ3n) is 3.79. The lowest BCUT2D eigenvalue weighted by Gasteiger charge is -2.35. The van der Waals surface area contributed by atoms with Crippen LogP contribution in [0.3, 0.4) is 0 Å². The van der Waals surface area contributed by atoms with Crippen molar-refractivity contribution >= 4 is 5.97 Å². The summed E-state index contributed by atoms with van der Waals surface area (Å²) in [6.45, 7) is 6.03. The lowest BCUT2D eigenvalue weighted by Crippen LogP contribution is -2.40. The van der Waals surface area contributed by atoms with Crippen LogP contribution in [0.15, 0.2) is 12.7 Å². The van der Waals surface area contributed by atoms with E-state index in [4.69, 9.17) is 5.11 Å². The number of likely N-dealkylation sites (tertiary alicyclic amines) is 1. The van der Waals surface area contributed by atoms with Crippen LogP contribution in [0.5, 0.6) is 0 Å². The molecule has 0 radical (unpaired) electrons. The van der Waals surface area contributed by atoms with E-state index in [0.29, 0.717) is 12.5 Å². The molecule has 1 heterocycles. The van der Waals surface area contributed by atoms with E-state index in [1.807, 2.05) is 6.08 Å². The zero-order chi connectivity index (χ0) is 13.2. The number of rotatable bonds is 9. The molecule has 1 aliphatic rings. The van der Waals surface area contributed by atoms with Crippen molar-refractivity contribution in [3.63, 3.8) is 0 Å². The maximum Gasteiger partial charge on any atom is 0.303 e. The summed E-state index contributed by atoms with van der Waals surface area (Å²) < 4.78 is 0. The van der Waals surface area contributed by atoms with E-state index in [1.54, 1.807) is 0 Å². The first-order chi connectivity index (χ1) is 8.74. The van der Waals surface area contributed by atoms with Gasteiger partial charge in [-0.25, -0.2) is 0 Å². The van der Waals surface area contributed by atoms with Gasteiger partial charge in [0.25, 0.3) is 0 Å². The van der Waals surface area contributed by atoms with Crippen LogP contribution in [0.25, 0.3) is 0 Å². The number of aliphatic carboxylic acids is 1. The Bertz CT molecular complexity index is 253. The number of unbranched alkanes of at least 4 members (excludes halogenated alkanes) is 3. The standard InChI is InChI=1S/C15H27NO2/c1-2-3-4-5-7-12-16-13-8-6-9-14(16)10-11-15(17)18/h2,14H,1,3-13H2,(H,17,18). The van der Waals surface area contributed by atoms with E-state index >= 15 is 0 Å². The van der Waals surface area contributed by atoms with Crippen molar-refractivity contribution in [3.05, 3.63) is 12.7 Å². The number of allylic oxidation sites excluding steroid dienone is 1. The highest BCUT2D eigenvalue weighted by atomic mass is 16.4. The van der Waals surface area contributed by atoms with Crippen LogP contribution in [-0.4, -0.2) is 35.1 Å². The van der Waals surface area contributed by atoms with E-state index in [-0.39, 0.29) is 0 Å². The average molecular weight is 253 g/mol. The summed E-state index contributed by atoms with van der Waals surface area (Å²) in [6, 6.07) is 0.509. The van der Waals surface area contributed by atoms with Crippen molar-refractivity contribution in [1.82, 2.24) is 4.90 Å². The summed E-state index contributed by atoms with van der Waals surface area (Å²) in [7, 11) is 0. The monoisotopic (exact) mass is 253 g/mol. The molecule has 1 unspecified atom stereocenters.